The Morgan fingerprint density at radius 2 is 1.71 bits per heavy atom. The molecular weight excluding hydrogens is 302 g/mol. The zero-order valence-electron chi connectivity index (χ0n) is 14.9. The van der Waals surface area contributed by atoms with Gasteiger partial charge in [0, 0.05) is 51.4 Å². The van der Waals surface area contributed by atoms with Crippen LogP contribution in [0.15, 0.2) is 12.3 Å². The standard InChI is InChI=1S/C18H29N5O/c1-3-15(4-2)17(24)22-13-11-21(12-14-22)16-7-8-19-18(20-16)23-9-5-6-10-23/h7-8,15H,3-6,9-14H2,1-2H3. The lowest BCUT2D eigenvalue weighted by molar-refractivity contribution is -0.136. The summed E-state index contributed by atoms with van der Waals surface area (Å²) in [5.41, 5.74) is 0. The van der Waals surface area contributed by atoms with Gasteiger partial charge in [0.05, 0.1) is 0 Å². The van der Waals surface area contributed by atoms with Gasteiger partial charge in [-0.05, 0) is 31.7 Å². The SMILES string of the molecule is CCC(CC)C(=O)N1CCN(c2ccnc(N3CCCC3)n2)CC1. The fourth-order valence-corrected chi connectivity index (χ4v) is 3.64. The highest BCUT2D eigenvalue weighted by Crippen LogP contribution is 2.21. The van der Waals surface area contributed by atoms with E-state index in [4.69, 9.17) is 4.98 Å². The van der Waals surface area contributed by atoms with Crippen LogP contribution in [0.5, 0.6) is 0 Å². The summed E-state index contributed by atoms with van der Waals surface area (Å²) in [5.74, 6) is 2.33. The summed E-state index contributed by atoms with van der Waals surface area (Å²) in [7, 11) is 0. The van der Waals surface area contributed by atoms with E-state index in [1.807, 2.05) is 17.2 Å². The van der Waals surface area contributed by atoms with E-state index in [0.717, 1.165) is 63.9 Å². The third-order valence-electron chi connectivity index (χ3n) is 5.27. The van der Waals surface area contributed by atoms with Gasteiger partial charge in [-0.1, -0.05) is 13.8 Å². The molecule has 0 radical (unpaired) electrons. The van der Waals surface area contributed by atoms with Crippen molar-refractivity contribution < 1.29 is 4.79 Å². The number of carbonyl (C=O) groups excluding carboxylic acids is 1. The van der Waals surface area contributed by atoms with Crippen LogP contribution in [0.2, 0.25) is 0 Å². The van der Waals surface area contributed by atoms with Crippen molar-refractivity contribution in [1.29, 1.82) is 0 Å². The molecule has 1 aromatic rings. The van der Waals surface area contributed by atoms with E-state index in [0.29, 0.717) is 5.91 Å². The van der Waals surface area contributed by atoms with Crippen LogP contribution < -0.4 is 9.80 Å². The largest absolute Gasteiger partial charge is 0.353 e. The zero-order chi connectivity index (χ0) is 16.9. The normalized spacial score (nSPS) is 18.5. The van der Waals surface area contributed by atoms with Crippen molar-refractivity contribution in [2.24, 2.45) is 5.92 Å². The van der Waals surface area contributed by atoms with Crippen molar-refractivity contribution in [2.45, 2.75) is 39.5 Å². The number of hydrogen-bond acceptors (Lipinski definition) is 5. The van der Waals surface area contributed by atoms with Crippen LogP contribution in [0.4, 0.5) is 11.8 Å². The van der Waals surface area contributed by atoms with Gasteiger partial charge in [0.15, 0.2) is 0 Å². The smallest absolute Gasteiger partial charge is 0.227 e. The van der Waals surface area contributed by atoms with E-state index in [1.54, 1.807) is 0 Å². The highest BCUT2D eigenvalue weighted by Gasteiger charge is 2.26. The second-order valence-corrected chi connectivity index (χ2v) is 6.73. The summed E-state index contributed by atoms with van der Waals surface area (Å²) in [6.45, 7) is 9.59. The lowest BCUT2D eigenvalue weighted by Gasteiger charge is -2.37. The van der Waals surface area contributed by atoms with Crippen LogP contribution in [0, 0.1) is 5.92 Å². The van der Waals surface area contributed by atoms with Gasteiger partial charge >= 0.3 is 0 Å². The molecule has 0 N–H and O–H groups in total. The maximum atomic E-state index is 12.5. The number of amides is 1. The number of rotatable bonds is 5. The van der Waals surface area contributed by atoms with E-state index in [1.165, 1.54) is 12.8 Å². The van der Waals surface area contributed by atoms with Crippen molar-refractivity contribution in [1.82, 2.24) is 14.9 Å². The fourth-order valence-electron chi connectivity index (χ4n) is 3.64. The first-order chi connectivity index (χ1) is 11.7. The molecule has 0 unspecified atom stereocenters. The van der Waals surface area contributed by atoms with Gasteiger partial charge in [-0.25, -0.2) is 4.98 Å². The quantitative estimate of drug-likeness (QED) is 0.827. The van der Waals surface area contributed by atoms with E-state index in [-0.39, 0.29) is 5.92 Å². The zero-order valence-corrected chi connectivity index (χ0v) is 14.9. The molecule has 24 heavy (non-hydrogen) atoms. The summed E-state index contributed by atoms with van der Waals surface area (Å²) in [5, 5.41) is 0. The Balaban J connectivity index is 1.60. The molecule has 6 nitrogen and oxygen atoms in total. The van der Waals surface area contributed by atoms with E-state index >= 15 is 0 Å². The van der Waals surface area contributed by atoms with Gasteiger partial charge in [0.1, 0.15) is 5.82 Å². The summed E-state index contributed by atoms with van der Waals surface area (Å²) >= 11 is 0. The Kier molecular flexibility index (Phi) is 5.53. The summed E-state index contributed by atoms with van der Waals surface area (Å²) in [4.78, 5) is 28.2. The van der Waals surface area contributed by atoms with Crippen LogP contribution in [0.1, 0.15) is 39.5 Å². The number of piperazine rings is 1. The Morgan fingerprint density at radius 3 is 2.33 bits per heavy atom. The Hall–Kier alpha value is -1.85. The predicted molar refractivity (Wildman–Crippen MR) is 96.3 cm³/mol. The highest BCUT2D eigenvalue weighted by atomic mass is 16.2. The third kappa shape index (κ3) is 3.62. The molecule has 0 saturated carbocycles. The average Bonchev–Trinajstić information content (AvgIpc) is 3.18. The van der Waals surface area contributed by atoms with Crippen LogP contribution >= 0.6 is 0 Å². The minimum atomic E-state index is 0.178. The molecule has 0 aliphatic carbocycles. The van der Waals surface area contributed by atoms with Crippen molar-refractivity contribution in [2.75, 3.05) is 49.1 Å². The number of nitrogens with zero attached hydrogens (tertiary/aromatic N) is 5. The summed E-state index contributed by atoms with van der Waals surface area (Å²) in [6.07, 6.45) is 6.17. The van der Waals surface area contributed by atoms with E-state index in [9.17, 15) is 4.79 Å². The van der Waals surface area contributed by atoms with Gasteiger partial charge in [-0.3, -0.25) is 4.79 Å². The molecule has 0 aromatic carbocycles. The number of aromatic nitrogens is 2. The maximum Gasteiger partial charge on any atom is 0.227 e. The molecule has 3 heterocycles. The van der Waals surface area contributed by atoms with Gasteiger partial charge in [0.25, 0.3) is 0 Å². The second kappa shape index (κ2) is 7.81. The van der Waals surface area contributed by atoms with E-state index < -0.39 is 0 Å². The molecule has 1 amide bonds. The van der Waals surface area contributed by atoms with Gasteiger partial charge in [-0.2, -0.15) is 4.98 Å². The molecule has 2 aliphatic rings. The summed E-state index contributed by atoms with van der Waals surface area (Å²) < 4.78 is 0. The molecule has 2 aliphatic heterocycles. The minimum absolute atomic E-state index is 0.178. The Morgan fingerprint density at radius 1 is 1.04 bits per heavy atom. The molecular formula is C18H29N5O. The van der Waals surface area contributed by atoms with Gasteiger partial charge in [-0.15, -0.1) is 0 Å². The number of anilines is 2. The first-order valence-corrected chi connectivity index (χ1v) is 9.34. The molecule has 0 bridgehead atoms. The summed E-state index contributed by atoms with van der Waals surface area (Å²) in [6, 6.07) is 1.98. The lowest BCUT2D eigenvalue weighted by Crippen LogP contribution is -2.50. The van der Waals surface area contributed by atoms with Gasteiger partial charge in [0.2, 0.25) is 11.9 Å². The maximum absolute atomic E-state index is 12.5. The number of carbonyl (C=O) groups is 1. The molecule has 132 valence electrons. The van der Waals surface area contributed by atoms with Crippen LogP contribution in [-0.2, 0) is 4.79 Å². The van der Waals surface area contributed by atoms with Crippen LogP contribution in [-0.4, -0.2) is 60.0 Å². The third-order valence-corrected chi connectivity index (χ3v) is 5.27. The van der Waals surface area contributed by atoms with Crippen molar-refractivity contribution in [3.63, 3.8) is 0 Å². The van der Waals surface area contributed by atoms with E-state index in [2.05, 4.69) is 28.6 Å². The molecule has 6 heteroatoms. The Bertz CT molecular complexity index is 546. The topological polar surface area (TPSA) is 52.6 Å². The van der Waals surface area contributed by atoms with Crippen molar-refractivity contribution in [3.8, 4) is 0 Å². The molecule has 0 spiro atoms. The first-order valence-electron chi connectivity index (χ1n) is 9.34. The molecule has 1 aromatic heterocycles. The molecule has 2 saturated heterocycles. The molecule has 3 rings (SSSR count). The second-order valence-electron chi connectivity index (χ2n) is 6.73. The Labute approximate surface area is 144 Å². The average molecular weight is 331 g/mol. The van der Waals surface area contributed by atoms with Crippen LogP contribution in [0.25, 0.3) is 0 Å². The first kappa shape index (κ1) is 17.0. The predicted octanol–water partition coefficient (Wildman–Crippen LogP) is 2.16. The molecule has 0 atom stereocenters. The molecule has 2 fully saturated rings. The monoisotopic (exact) mass is 331 g/mol. The number of hydrogen-bond donors (Lipinski definition) is 0. The fraction of sp³-hybridized carbons (Fsp3) is 0.722. The van der Waals surface area contributed by atoms with Gasteiger partial charge < -0.3 is 14.7 Å². The highest BCUT2D eigenvalue weighted by molar-refractivity contribution is 5.79. The van der Waals surface area contributed by atoms with Crippen molar-refractivity contribution >= 4 is 17.7 Å². The lowest BCUT2D eigenvalue weighted by atomic mass is 10.0. The minimum Gasteiger partial charge on any atom is -0.353 e. The van der Waals surface area contributed by atoms with Crippen LogP contribution in [0.3, 0.4) is 0 Å². The van der Waals surface area contributed by atoms with Crippen molar-refractivity contribution in [3.05, 3.63) is 12.3 Å².